The largest absolute Gasteiger partial charge is 0.439 e. The van der Waals surface area contributed by atoms with Crippen molar-refractivity contribution in [3.05, 3.63) is 24.0 Å². The first-order valence-electron chi connectivity index (χ1n) is 8.27. The maximum atomic E-state index is 12.5. The van der Waals surface area contributed by atoms with Crippen LogP contribution in [0.5, 0.6) is 0 Å². The van der Waals surface area contributed by atoms with Gasteiger partial charge in [-0.3, -0.25) is 14.9 Å². The lowest BCUT2D eigenvalue weighted by Gasteiger charge is -2.30. The summed E-state index contributed by atoms with van der Waals surface area (Å²) in [4.78, 5) is 30.2. The Morgan fingerprint density at radius 1 is 1.33 bits per heavy atom. The molecule has 2 aromatic rings. The molecule has 24 heavy (non-hydrogen) atoms. The molecule has 2 fully saturated rings. The number of furan rings is 1. The van der Waals surface area contributed by atoms with Crippen LogP contribution >= 0.6 is 0 Å². The smallest absolute Gasteiger partial charge is 0.270 e. The number of anilines is 1. The van der Waals surface area contributed by atoms with Crippen LogP contribution in [0.1, 0.15) is 30.3 Å². The fourth-order valence-corrected chi connectivity index (χ4v) is 3.73. The standard InChI is InChI=1S/C17H20N4O3/c1-10(22)19-16-6-12-5-14(18-7-15(12)24-16)17(23)20-13-4-11-2-3-21(8-11)9-13/h5-7,11,13H,2-4,8-9H2,1H3,(H,19,22)(H,20,23)/t11-,13+/m0/s1. The molecule has 2 N–H and O–H groups in total. The number of hydrogen-bond donors (Lipinski definition) is 2. The third-order valence-electron chi connectivity index (χ3n) is 4.74. The van der Waals surface area contributed by atoms with Crippen LogP contribution in [0.15, 0.2) is 22.7 Å². The van der Waals surface area contributed by atoms with Gasteiger partial charge >= 0.3 is 0 Å². The Hall–Kier alpha value is -2.41. The summed E-state index contributed by atoms with van der Waals surface area (Å²) in [5, 5.41) is 6.42. The van der Waals surface area contributed by atoms with Gasteiger partial charge < -0.3 is 14.6 Å². The minimum atomic E-state index is -0.207. The van der Waals surface area contributed by atoms with E-state index in [2.05, 4.69) is 20.5 Å². The lowest BCUT2D eigenvalue weighted by atomic mass is 9.97. The van der Waals surface area contributed by atoms with Crippen molar-refractivity contribution < 1.29 is 14.0 Å². The molecule has 0 aliphatic carbocycles. The van der Waals surface area contributed by atoms with Crippen LogP contribution in [-0.2, 0) is 4.79 Å². The van der Waals surface area contributed by atoms with Crippen molar-refractivity contribution in [1.82, 2.24) is 15.2 Å². The summed E-state index contributed by atoms with van der Waals surface area (Å²) in [5.74, 6) is 0.690. The molecule has 2 saturated heterocycles. The van der Waals surface area contributed by atoms with Gasteiger partial charge in [0.1, 0.15) is 5.69 Å². The van der Waals surface area contributed by atoms with E-state index in [0.29, 0.717) is 23.1 Å². The zero-order chi connectivity index (χ0) is 16.7. The van der Waals surface area contributed by atoms with E-state index >= 15 is 0 Å². The van der Waals surface area contributed by atoms with Crippen molar-refractivity contribution in [2.75, 3.05) is 25.0 Å². The molecule has 0 spiro atoms. The van der Waals surface area contributed by atoms with Crippen LogP contribution in [0.3, 0.4) is 0 Å². The molecule has 4 rings (SSSR count). The van der Waals surface area contributed by atoms with Gasteiger partial charge in [0, 0.05) is 37.5 Å². The number of piperidine rings is 1. The summed E-state index contributed by atoms with van der Waals surface area (Å²) in [7, 11) is 0. The molecule has 4 heterocycles. The number of nitrogens with zero attached hydrogens (tertiary/aromatic N) is 2. The first kappa shape index (κ1) is 15.1. The first-order valence-corrected chi connectivity index (χ1v) is 8.27. The topological polar surface area (TPSA) is 87.5 Å². The zero-order valence-corrected chi connectivity index (χ0v) is 13.5. The number of amides is 2. The molecule has 3 atom stereocenters. The predicted octanol–water partition coefficient (Wildman–Crippen LogP) is 1.61. The second-order valence-electron chi connectivity index (χ2n) is 6.72. The van der Waals surface area contributed by atoms with Gasteiger partial charge in [-0.05, 0) is 31.4 Å². The summed E-state index contributed by atoms with van der Waals surface area (Å²) in [6, 6.07) is 3.58. The summed E-state index contributed by atoms with van der Waals surface area (Å²) in [6.45, 7) is 4.64. The van der Waals surface area contributed by atoms with E-state index in [4.69, 9.17) is 4.42 Å². The third kappa shape index (κ3) is 2.99. The Bertz CT molecular complexity index is 788. The van der Waals surface area contributed by atoms with Crippen molar-refractivity contribution in [3.8, 4) is 0 Å². The van der Waals surface area contributed by atoms with Crippen LogP contribution in [0.4, 0.5) is 5.88 Å². The highest BCUT2D eigenvalue weighted by Crippen LogP contribution is 2.27. The lowest BCUT2D eigenvalue weighted by molar-refractivity contribution is -0.114. The van der Waals surface area contributed by atoms with Crippen LogP contribution in [-0.4, -0.2) is 47.4 Å². The molecular formula is C17H20N4O3. The highest BCUT2D eigenvalue weighted by Gasteiger charge is 2.33. The normalized spacial score (nSPS) is 25.6. The number of aromatic nitrogens is 1. The molecule has 126 valence electrons. The van der Waals surface area contributed by atoms with Crippen LogP contribution < -0.4 is 10.6 Å². The Morgan fingerprint density at radius 2 is 2.21 bits per heavy atom. The second kappa shape index (κ2) is 5.90. The first-order chi connectivity index (χ1) is 11.6. The molecule has 2 aliphatic rings. The van der Waals surface area contributed by atoms with E-state index in [0.717, 1.165) is 31.4 Å². The maximum Gasteiger partial charge on any atom is 0.270 e. The summed E-state index contributed by atoms with van der Waals surface area (Å²) in [5.41, 5.74) is 0.905. The SMILES string of the molecule is CC(=O)Nc1cc2cc(C(=O)N[C@@H]3C[C@@H]4CCN(C4)C3)ncc2o1. The molecule has 2 amide bonds. The quantitative estimate of drug-likeness (QED) is 0.894. The number of hydrogen-bond acceptors (Lipinski definition) is 5. The van der Waals surface area contributed by atoms with Crippen molar-refractivity contribution in [2.45, 2.75) is 25.8 Å². The molecule has 0 aromatic carbocycles. The van der Waals surface area contributed by atoms with Gasteiger partial charge in [-0.25, -0.2) is 4.98 Å². The summed E-state index contributed by atoms with van der Waals surface area (Å²) >= 11 is 0. The van der Waals surface area contributed by atoms with Gasteiger partial charge in [-0.15, -0.1) is 0 Å². The molecule has 0 radical (unpaired) electrons. The van der Waals surface area contributed by atoms with Crippen molar-refractivity contribution in [1.29, 1.82) is 0 Å². The van der Waals surface area contributed by atoms with E-state index in [-0.39, 0.29) is 17.9 Å². The van der Waals surface area contributed by atoms with Gasteiger partial charge in [0.15, 0.2) is 5.58 Å². The van der Waals surface area contributed by atoms with Gasteiger partial charge in [-0.2, -0.15) is 0 Å². The fourth-order valence-electron chi connectivity index (χ4n) is 3.73. The van der Waals surface area contributed by atoms with Crippen LogP contribution in [0.2, 0.25) is 0 Å². The average molecular weight is 328 g/mol. The Labute approximate surface area is 139 Å². The van der Waals surface area contributed by atoms with Crippen molar-refractivity contribution in [2.24, 2.45) is 5.92 Å². The summed E-state index contributed by atoms with van der Waals surface area (Å²) in [6.07, 6.45) is 3.80. The number of pyridine rings is 1. The average Bonchev–Trinajstić information content (AvgIpc) is 3.07. The molecule has 0 saturated carbocycles. The number of fused-ring (bicyclic) bond motifs is 3. The number of rotatable bonds is 3. The highest BCUT2D eigenvalue weighted by molar-refractivity contribution is 5.97. The van der Waals surface area contributed by atoms with Gasteiger partial charge in [0.2, 0.25) is 11.8 Å². The third-order valence-corrected chi connectivity index (χ3v) is 4.74. The molecular weight excluding hydrogens is 308 g/mol. The molecule has 7 heteroatoms. The monoisotopic (exact) mass is 328 g/mol. The highest BCUT2D eigenvalue weighted by atomic mass is 16.4. The van der Waals surface area contributed by atoms with Crippen LogP contribution in [0, 0.1) is 5.92 Å². The Balaban J connectivity index is 1.48. The van der Waals surface area contributed by atoms with E-state index in [1.165, 1.54) is 19.5 Å². The number of carbonyl (C=O) groups is 2. The molecule has 1 unspecified atom stereocenters. The second-order valence-corrected chi connectivity index (χ2v) is 6.72. The molecule has 2 bridgehead atoms. The predicted molar refractivity (Wildman–Crippen MR) is 88.7 cm³/mol. The number of carbonyl (C=O) groups excluding carboxylic acids is 2. The molecule has 2 aromatic heterocycles. The van der Waals surface area contributed by atoms with E-state index < -0.39 is 0 Å². The van der Waals surface area contributed by atoms with E-state index in [1.54, 1.807) is 12.1 Å². The van der Waals surface area contributed by atoms with Gasteiger partial charge in [0.25, 0.3) is 5.91 Å². The Morgan fingerprint density at radius 3 is 3.00 bits per heavy atom. The number of nitrogens with one attached hydrogen (secondary N) is 2. The van der Waals surface area contributed by atoms with Gasteiger partial charge in [-0.1, -0.05) is 0 Å². The molecule has 2 aliphatic heterocycles. The van der Waals surface area contributed by atoms with Gasteiger partial charge in [0.05, 0.1) is 6.20 Å². The fraction of sp³-hybridized carbons (Fsp3) is 0.471. The lowest BCUT2D eigenvalue weighted by Crippen LogP contribution is -2.47. The minimum Gasteiger partial charge on any atom is -0.439 e. The van der Waals surface area contributed by atoms with Crippen LogP contribution in [0.25, 0.3) is 11.0 Å². The Kier molecular flexibility index (Phi) is 3.72. The van der Waals surface area contributed by atoms with Crippen molar-refractivity contribution >= 4 is 28.7 Å². The zero-order valence-electron chi connectivity index (χ0n) is 13.5. The molecule has 7 nitrogen and oxygen atoms in total. The maximum absolute atomic E-state index is 12.5. The van der Waals surface area contributed by atoms with Crippen molar-refractivity contribution in [3.63, 3.8) is 0 Å². The minimum absolute atomic E-state index is 0.160. The van der Waals surface area contributed by atoms with E-state index in [1.807, 2.05) is 0 Å². The summed E-state index contributed by atoms with van der Waals surface area (Å²) < 4.78 is 5.47. The van der Waals surface area contributed by atoms with E-state index in [9.17, 15) is 9.59 Å².